The second-order valence-electron chi connectivity index (χ2n) is 36.5. The number of hydrogen-bond acceptors (Lipinski definition) is 0. The maximum atomic E-state index is 2.62. The zero-order chi connectivity index (χ0) is 76.5. The molecule has 0 amide bonds. The van der Waals surface area contributed by atoms with Gasteiger partial charge in [0.05, 0.1) is 48.4 Å². The van der Waals surface area contributed by atoms with Gasteiger partial charge in [-0.1, -0.05) is 443 Å². The number of rotatable bonds is 6. The maximum absolute atomic E-state index is 2.62. The molecule has 0 N–H and O–H groups in total. The minimum Gasteiger partial charge on any atom is -0.0867 e. The van der Waals surface area contributed by atoms with Crippen molar-refractivity contribution >= 4 is 212 Å². The lowest BCUT2D eigenvalue weighted by atomic mass is 10.0. The summed E-state index contributed by atoms with van der Waals surface area (Å²) in [7, 11) is -10.2. The Labute approximate surface area is 647 Å². The fourth-order valence-electron chi connectivity index (χ4n) is 14.7. The first kappa shape index (κ1) is 76.6. The number of hydrogen-bond donors (Lipinski definition) is 0. The normalized spacial score (nSPS) is 13.6. The molecule has 0 unspecified atom stereocenters. The van der Waals surface area contributed by atoms with E-state index < -0.39 is 48.4 Å². The monoisotopic (exact) mass is 1500 g/mol. The third kappa shape index (κ3) is 19.4. The fraction of sp³-hybridized carbons (Fsp3) is 0.176. The summed E-state index contributed by atoms with van der Waals surface area (Å²) in [6.07, 6.45) is 0. The molecular formula is C102H108Si6. The van der Waals surface area contributed by atoms with Crippen LogP contribution in [0, 0.1) is 0 Å². The van der Waals surface area contributed by atoms with Gasteiger partial charge in [0, 0.05) is 0 Å². The Morgan fingerprint density at radius 2 is 0.157 bits per heavy atom. The van der Waals surface area contributed by atoms with Gasteiger partial charge in [0.2, 0.25) is 0 Å². The number of benzene rings is 12. The average molecular weight is 1500 g/mol. The molecule has 0 aliphatic rings. The standard InChI is InChI=1S/C102H108Si6/c1-103(2,3)67-97-91-55-43-85(44-56-91)79-31-19-73(20-32-79)75-23-35-81(36-24-75)87-47-59-93(60-48-87)99(69-105(7,8)9)101(71-107(13,14)15)95-63-51-89(52-64-95)83-39-27-77(28-40-83)78-29-41-84(42-30-78)90-53-65-96(66-54-90)102(72-108(16,17)18)100(70-106(10,11)12)94-61-49-88(50-62-94)82-37-25-76(26-38-82)74-21-33-80(34-22-74)86-45-57-92(58-46-86)98(97)68-104(4,5)6/h19-72H,1-18H3/b97-67+,98-68+,99-69+,100-70+,101-71+,102-72+. The van der Waals surface area contributed by atoms with Crippen molar-refractivity contribution in [1.29, 1.82) is 0 Å². The van der Waals surface area contributed by atoms with E-state index in [0.717, 1.165) is 0 Å². The highest BCUT2D eigenvalue weighted by Gasteiger charge is 2.16. The average Bonchev–Trinajstić information content (AvgIpc) is 0.803. The molecule has 0 heterocycles. The van der Waals surface area contributed by atoms with Crippen LogP contribution < -0.4 is 31.3 Å². The van der Waals surface area contributed by atoms with E-state index in [1.807, 2.05) is 0 Å². The molecule has 24 bridgehead atoms. The lowest BCUT2D eigenvalue weighted by molar-refractivity contribution is 1.63. The third-order valence-electron chi connectivity index (χ3n) is 19.8. The van der Waals surface area contributed by atoms with Crippen LogP contribution in [-0.2, 0) is 0 Å². The third-order valence-corrected chi connectivity index (χ3v) is 26.7. The van der Waals surface area contributed by atoms with E-state index in [2.05, 4.69) is 443 Å². The predicted octanol–water partition coefficient (Wildman–Crippen LogP) is 26.2. The van der Waals surface area contributed by atoms with Gasteiger partial charge in [0.25, 0.3) is 0 Å². The zero-order valence-corrected chi connectivity index (χ0v) is 73.2. The molecule has 0 fully saturated rings. The largest absolute Gasteiger partial charge is 0.0867 e. The van der Waals surface area contributed by atoms with Crippen molar-refractivity contribution in [1.82, 2.24) is 0 Å². The van der Waals surface area contributed by atoms with Crippen molar-refractivity contribution in [3.63, 3.8) is 0 Å². The molecule has 0 radical (unpaired) electrons. The van der Waals surface area contributed by atoms with E-state index in [9.17, 15) is 0 Å². The highest BCUT2D eigenvalue weighted by Crippen LogP contribution is 2.26. The van der Waals surface area contributed by atoms with Gasteiger partial charge >= 0.3 is 0 Å². The van der Waals surface area contributed by atoms with Gasteiger partial charge in [0.15, 0.2) is 0 Å². The van der Waals surface area contributed by atoms with Crippen LogP contribution in [0.2, 0.25) is 118 Å². The molecule has 31 aromatic carbocycles. The summed E-state index contributed by atoms with van der Waals surface area (Å²) in [5.74, 6) is 0. The molecule has 31 aromatic rings. The zero-order valence-electron chi connectivity index (χ0n) is 67.2. The fourth-order valence-corrected chi connectivity index (χ4v) is 21.8. The lowest BCUT2D eigenvalue weighted by Crippen LogP contribution is -2.34. The van der Waals surface area contributed by atoms with Gasteiger partial charge < -0.3 is 0 Å². The lowest BCUT2D eigenvalue weighted by Gasteiger charge is -2.12. The molecule has 0 saturated heterocycles. The summed E-state index contributed by atoms with van der Waals surface area (Å²) in [4.78, 5) is 0. The maximum Gasteiger partial charge on any atom is 0.0695 e. The van der Waals surface area contributed by atoms with E-state index in [1.165, 1.54) is 161 Å². The van der Waals surface area contributed by atoms with Crippen LogP contribution in [0.25, 0.3) is 163 Å². The molecule has 31 rings (SSSR count). The molecule has 0 saturated carbocycles. The summed E-state index contributed by atoms with van der Waals surface area (Å²) in [5, 5.41) is 37.5. The van der Waals surface area contributed by atoms with E-state index in [1.54, 1.807) is 0 Å². The van der Waals surface area contributed by atoms with Crippen molar-refractivity contribution in [3.05, 3.63) is 322 Å². The molecule has 540 valence electrons. The topological polar surface area (TPSA) is 0 Å². The molecular weight excluding hydrogens is 1390 g/mol. The van der Waals surface area contributed by atoms with Crippen molar-refractivity contribution in [2.45, 2.75) is 118 Å². The SMILES string of the molecule is C[Si](C)(C)/C=c1/c(=C/[Si](C)(C)C)c2ccc(cc2)c2ccc(cc2)c2ccc(cc2)c2ccc(cc2)c(=C\[Si](C)(C)C)/c(=C/[Si](C)(C)C)c2ccc(cc2)c2ccc(cc2)c2ccc(cc2)c2ccc(cc2)c(=C\[Si](C)(C)C)/c(=C/[Si](C)(C)C)c2ccc(cc2)c2ccc(cc2)c2ccc(cc2)c2ccc1cc2. The summed E-state index contributed by atoms with van der Waals surface area (Å²) < 4.78 is 0. The molecule has 108 heavy (non-hydrogen) atoms. The first-order valence-corrected chi connectivity index (χ1v) is 60.3. The highest BCUT2D eigenvalue weighted by molar-refractivity contribution is 6.91. The van der Waals surface area contributed by atoms with Gasteiger partial charge in [-0.25, -0.2) is 0 Å². The highest BCUT2D eigenvalue weighted by atomic mass is 28.3. The second-order valence-corrected chi connectivity index (χ2v) is 66.6. The second kappa shape index (κ2) is 31.2. The van der Waals surface area contributed by atoms with Crippen molar-refractivity contribution in [2.24, 2.45) is 0 Å². The van der Waals surface area contributed by atoms with Gasteiger partial charge in [-0.15, -0.1) is 0 Å². The summed E-state index contributed by atoms with van der Waals surface area (Å²) in [6.45, 7) is 44.2. The molecule has 0 aliphatic carbocycles. The first-order valence-electron chi connectivity index (χ1n) is 38.8. The quantitative estimate of drug-likeness (QED) is 0.146. The van der Waals surface area contributed by atoms with Crippen LogP contribution in [0.1, 0.15) is 0 Å². The first-order chi connectivity index (χ1) is 51.2. The van der Waals surface area contributed by atoms with Gasteiger partial charge in [-0.2, -0.15) is 0 Å². The van der Waals surface area contributed by atoms with E-state index in [-0.39, 0.29) is 0 Å². The van der Waals surface area contributed by atoms with Gasteiger partial charge in [-0.05, 0) is 161 Å². The van der Waals surface area contributed by atoms with Crippen LogP contribution in [0.5, 0.6) is 0 Å². The molecule has 0 atom stereocenters. The Morgan fingerprint density at radius 3 is 0.213 bits per heavy atom. The minimum absolute atomic E-state index is 1.21. The Bertz CT molecular complexity index is 5390. The summed E-state index contributed by atoms with van der Waals surface area (Å²) in [5.41, 5.74) is 15.7. The van der Waals surface area contributed by atoms with Crippen molar-refractivity contribution in [3.8, 4) is 0 Å². The molecule has 0 aromatic heterocycles. The minimum atomic E-state index is -1.71. The van der Waals surface area contributed by atoms with Gasteiger partial charge in [-0.3, -0.25) is 0 Å². The van der Waals surface area contributed by atoms with Crippen LogP contribution in [0.15, 0.2) is 291 Å². The Morgan fingerprint density at radius 1 is 0.102 bits per heavy atom. The van der Waals surface area contributed by atoms with Crippen LogP contribution in [0.4, 0.5) is 0 Å². The molecule has 0 nitrogen and oxygen atoms in total. The summed E-state index contributed by atoms with van der Waals surface area (Å²) in [6, 6.07) is 111. The van der Waals surface area contributed by atoms with E-state index >= 15 is 0 Å². The van der Waals surface area contributed by atoms with Crippen LogP contribution in [0.3, 0.4) is 0 Å². The summed E-state index contributed by atoms with van der Waals surface area (Å²) >= 11 is 0. The van der Waals surface area contributed by atoms with Crippen LogP contribution in [-0.4, -0.2) is 48.4 Å². The Hall–Kier alpha value is -9.62. The van der Waals surface area contributed by atoms with Crippen molar-refractivity contribution < 1.29 is 0 Å². The Kier molecular flexibility index (Phi) is 22.1. The van der Waals surface area contributed by atoms with Crippen LogP contribution >= 0.6 is 0 Å². The van der Waals surface area contributed by atoms with Gasteiger partial charge in [0.1, 0.15) is 0 Å². The van der Waals surface area contributed by atoms with E-state index in [0.29, 0.717) is 0 Å². The smallest absolute Gasteiger partial charge is 0.0695 e. The molecule has 0 spiro atoms. The van der Waals surface area contributed by atoms with E-state index in [4.69, 9.17) is 0 Å². The predicted molar refractivity (Wildman–Crippen MR) is 507 cm³/mol. The molecule has 0 aliphatic heterocycles. The molecule has 6 heteroatoms. The Balaban J connectivity index is 0.973. The van der Waals surface area contributed by atoms with Crippen molar-refractivity contribution in [2.75, 3.05) is 0 Å².